The molecule has 0 aliphatic carbocycles. The molecule has 3 aromatic heterocycles. The number of halogens is 4. The minimum atomic E-state index is 0. The van der Waals surface area contributed by atoms with Crippen molar-refractivity contribution in [2.24, 2.45) is 0 Å². The van der Waals surface area contributed by atoms with Crippen molar-refractivity contribution < 1.29 is 134 Å². The Bertz CT molecular complexity index is 4370. The van der Waals surface area contributed by atoms with E-state index in [9.17, 15) is 0 Å². The number of hydrogen-bond donors (Lipinski definition) is 0. The number of ether oxygens (including phenoxy) is 4. The Morgan fingerprint density at radius 1 is 0.258 bits per heavy atom. The zero-order valence-electron chi connectivity index (χ0n) is 51.4. The Morgan fingerprint density at radius 3 is 0.798 bits per heavy atom. The molecule has 0 saturated heterocycles. The fourth-order valence-electron chi connectivity index (χ4n) is 10.2. The Morgan fingerprint density at radius 2 is 0.506 bits per heavy atom. The van der Waals surface area contributed by atoms with Gasteiger partial charge in [-0.1, -0.05) is 24.3 Å². The first-order valence-corrected chi connectivity index (χ1v) is 27.7. The summed E-state index contributed by atoms with van der Waals surface area (Å²) in [5, 5.41) is 2.85. The van der Waals surface area contributed by atoms with E-state index >= 15 is 0 Å². The van der Waals surface area contributed by atoms with Crippen molar-refractivity contribution in [3.8, 4) is 91.5 Å². The predicted molar refractivity (Wildman–Crippen MR) is 338 cm³/mol. The van der Waals surface area contributed by atoms with Crippen LogP contribution in [0.4, 0.5) is 22.7 Å². The van der Waals surface area contributed by atoms with Crippen LogP contribution >= 0.6 is 0 Å². The summed E-state index contributed by atoms with van der Waals surface area (Å²) in [6.45, 7) is 0. The van der Waals surface area contributed by atoms with E-state index in [4.69, 9.17) is 58.8 Å². The van der Waals surface area contributed by atoms with E-state index in [1.165, 1.54) is 0 Å². The van der Waals surface area contributed by atoms with Crippen LogP contribution < -0.4 is 143 Å². The quantitative estimate of drug-likeness (QED) is 0.101. The topological polar surface area (TPSA) is 142 Å². The summed E-state index contributed by atoms with van der Waals surface area (Å²) in [5.74, 6) is 6.72. The normalized spacial score (nSPS) is 11.8. The maximum absolute atomic E-state index is 6.61. The molecule has 89 heavy (non-hydrogen) atoms. The molecule has 16 nitrogen and oxygen atoms in total. The van der Waals surface area contributed by atoms with Crippen molar-refractivity contribution in [1.82, 2.24) is 57.8 Å². The predicted octanol–water partition coefficient (Wildman–Crippen LogP) is 2.10. The molecule has 21 heteroatoms. The van der Waals surface area contributed by atoms with Gasteiger partial charge in [0.05, 0.1) is 108 Å². The molecule has 0 spiro atoms. The Hall–Kier alpha value is -6.30. The van der Waals surface area contributed by atoms with Gasteiger partial charge in [0.1, 0.15) is 68.7 Å². The number of benzene rings is 8. The van der Waals surface area contributed by atoms with Crippen LogP contribution in [0.1, 0.15) is 0 Å². The van der Waals surface area contributed by atoms with Crippen LogP contribution in [0.25, 0.3) is 89.7 Å². The third-order valence-electron chi connectivity index (χ3n) is 14.9. The number of hydrogen-bond acceptors (Lipinski definition) is 10. The minimum absolute atomic E-state index is 0. The van der Waals surface area contributed by atoms with Crippen molar-refractivity contribution >= 4 is 66.9 Å². The molecule has 8 aromatic carbocycles. The van der Waals surface area contributed by atoms with E-state index in [-0.39, 0.29) is 115 Å². The molecule has 13 rings (SSSR count). The first-order valence-electron chi connectivity index (χ1n) is 27.7. The average molecular weight is 1690 g/mol. The molecular weight excluding hydrogens is 1620 g/mol. The van der Waals surface area contributed by atoms with Crippen LogP contribution in [0.5, 0.6) is 46.0 Å². The van der Waals surface area contributed by atoms with E-state index in [2.05, 4.69) is 133 Å². The van der Waals surface area contributed by atoms with Crippen LogP contribution in [0.3, 0.4) is 0 Å². The van der Waals surface area contributed by atoms with Gasteiger partial charge in [-0.3, -0.25) is 17.9 Å². The first kappa shape index (κ1) is 68.6. The second-order valence-electron chi connectivity index (χ2n) is 24.8. The summed E-state index contributed by atoms with van der Waals surface area (Å²) in [6, 6.07) is 55.8. The standard InChI is InChI=1S/C68H64N12O4.4HI.Zn/c1-77(2,3)41-17-13-21-45(33-41)81-49-25-29-53-57(37-49)65-69-61(53)74-66-59-39-51(83-47-23-15-19-43(35-47)79(7,8)9)27-31-55(59)63(71-66)76-68-60-40-52(84-48-24-16-20-44(36-48)80(10,11)12)28-32-56(60)64(72-68)75-67-58-38-50(26-30-54(58)62(70-67)73-65)82-46-22-14-18-42(34-46)78(4,5)6;;;;;/h13-40H,1-12H3;4*1H;/q+2;;;;;+2/p-4. The average Bonchev–Trinajstić information content (AvgIpc) is 1.66. The van der Waals surface area contributed by atoms with E-state index < -0.39 is 0 Å². The Labute approximate surface area is 598 Å². The maximum Gasteiger partial charge on any atom is 2.00 e. The zero-order chi connectivity index (χ0) is 58.5. The van der Waals surface area contributed by atoms with Crippen LogP contribution in [-0.4, -0.2) is 114 Å². The van der Waals surface area contributed by atoms with Gasteiger partial charge in [0.25, 0.3) is 0 Å². The van der Waals surface area contributed by atoms with E-state index in [1.807, 2.05) is 121 Å². The number of nitrogens with zero attached hydrogens (tertiary/aromatic N) is 12. The third kappa shape index (κ3) is 14.4. The molecule has 0 atom stereocenters. The molecule has 0 radical (unpaired) electrons. The van der Waals surface area contributed by atoms with Gasteiger partial charge < -0.3 is 145 Å². The number of fused-ring (bicyclic) bond motifs is 20. The van der Waals surface area contributed by atoms with E-state index in [0.717, 1.165) is 44.6 Å². The van der Waals surface area contributed by atoms with Crippen molar-refractivity contribution in [2.75, 3.05) is 84.6 Å². The van der Waals surface area contributed by atoms with E-state index in [0.29, 0.717) is 132 Å². The van der Waals surface area contributed by atoms with Gasteiger partial charge in [0.2, 0.25) is 0 Å². The van der Waals surface area contributed by atoms with Crippen LogP contribution in [0.15, 0.2) is 170 Å². The maximum atomic E-state index is 6.61. The van der Waals surface area contributed by atoms with Gasteiger partial charge in [0.15, 0.2) is 0 Å². The number of aromatic nitrogens is 8. The van der Waals surface area contributed by atoms with Gasteiger partial charge in [-0.15, -0.1) is 0 Å². The van der Waals surface area contributed by atoms with Crippen molar-refractivity contribution in [1.29, 1.82) is 0 Å². The largest absolute Gasteiger partial charge is 2.00 e. The fraction of sp³-hybridized carbons (Fsp3) is 0.176. The fourth-order valence-corrected chi connectivity index (χ4v) is 10.2. The second kappa shape index (κ2) is 26.5. The second-order valence-corrected chi connectivity index (χ2v) is 24.8. The molecule has 11 aromatic rings. The molecular formula is C68H64I4N12O4Zn. The summed E-state index contributed by atoms with van der Waals surface area (Å²) >= 11 is 0. The van der Waals surface area contributed by atoms with Gasteiger partial charge >= 0.3 is 19.5 Å². The summed E-state index contributed by atoms with van der Waals surface area (Å²) in [6.07, 6.45) is 0. The van der Waals surface area contributed by atoms with Crippen LogP contribution in [0, 0.1) is 0 Å². The summed E-state index contributed by atoms with van der Waals surface area (Å²) < 4.78 is 29.0. The third-order valence-corrected chi connectivity index (χ3v) is 14.9. The van der Waals surface area contributed by atoms with Gasteiger partial charge in [-0.25, -0.2) is 9.97 Å². The van der Waals surface area contributed by atoms with Gasteiger partial charge in [0, 0.05) is 69.1 Å². The molecule has 0 unspecified atom stereocenters. The number of rotatable bonds is 12. The molecule has 2 aliphatic heterocycles. The summed E-state index contributed by atoms with van der Waals surface area (Å²) in [7, 11) is 25.5. The smallest absolute Gasteiger partial charge is 1.00 e. The molecule has 0 amide bonds. The van der Waals surface area contributed by atoms with Gasteiger partial charge in [-0.05, 0) is 143 Å². The zero-order valence-corrected chi connectivity index (χ0v) is 63.0. The molecule has 0 N–H and O–H groups in total. The molecule has 0 saturated carbocycles. The van der Waals surface area contributed by atoms with Crippen LogP contribution in [0.2, 0.25) is 0 Å². The molecule has 2 aliphatic rings. The van der Waals surface area contributed by atoms with Crippen molar-refractivity contribution in [3.63, 3.8) is 0 Å². The molecule has 5 heterocycles. The molecule has 8 bridgehead atoms. The summed E-state index contributed by atoms with van der Waals surface area (Å²) in [5.41, 5.74) is 8.76. The minimum Gasteiger partial charge on any atom is -1.00 e. The van der Waals surface area contributed by atoms with Gasteiger partial charge in [-0.2, -0.15) is 0 Å². The number of quaternary nitrogens is 4. The molecule has 0 fully saturated rings. The SMILES string of the molecule is C[N+](C)(C)c1cccc(Oc2ccc3c(c2)-c2nc-3nc3[n-]c(nc4nc(nc5[n-]c(n2)c2ccc(Oc6cccc([N+](C)(C)C)c6)cc52)-c2ccc(Oc5cccc([N+](C)(C)C)c5)cc2-4)c2ccc(Oc4cccc([N+](C)(C)C)c4)cc32)c1.[I-].[I-].[I-].[I-].[Zn+2]. The van der Waals surface area contributed by atoms with Crippen molar-refractivity contribution in [3.05, 3.63) is 170 Å². The Kier molecular flexibility index (Phi) is 20.4. The Balaban J connectivity index is 0.00000205. The first-order chi connectivity index (χ1) is 40.0. The van der Waals surface area contributed by atoms with E-state index in [1.54, 1.807) is 0 Å². The summed E-state index contributed by atoms with van der Waals surface area (Å²) in [4.78, 5) is 42.1. The van der Waals surface area contributed by atoms with Crippen molar-refractivity contribution in [2.45, 2.75) is 0 Å². The monoisotopic (exact) mass is 1680 g/mol. The van der Waals surface area contributed by atoms with Crippen LogP contribution in [-0.2, 0) is 19.5 Å². The molecule has 450 valence electrons.